The van der Waals surface area contributed by atoms with Crippen molar-refractivity contribution in [3.8, 4) is 11.5 Å². The third-order valence-electron chi connectivity index (χ3n) is 4.63. The van der Waals surface area contributed by atoms with E-state index in [9.17, 15) is 4.79 Å². The number of para-hydroxylation sites is 1. The lowest BCUT2D eigenvalue weighted by Gasteiger charge is -2.33. The molecular formula is C21H25NO3. The van der Waals surface area contributed by atoms with Gasteiger partial charge in [0.25, 0.3) is 5.91 Å². The predicted octanol–water partition coefficient (Wildman–Crippen LogP) is 3.80. The number of methoxy groups -OCH3 is 1. The second-order valence-electron chi connectivity index (χ2n) is 6.77. The average molecular weight is 339 g/mol. The maximum Gasteiger partial charge on any atom is 0.254 e. The number of amides is 1. The number of hydrogen-bond donors (Lipinski definition) is 0. The molecule has 1 amide bonds. The maximum absolute atomic E-state index is 12.9. The van der Waals surface area contributed by atoms with Crippen LogP contribution in [-0.2, 0) is 6.42 Å². The number of benzene rings is 2. The maximum atomic E-state index is 12.9. The van der Waals surface area contributed by atoms with Crippen LogP contribution in [-0.4, -0.2) is 37.1 Å². The van der Waals surface area contributed by atoms with E-state index in [1.165, 1.54) is 5.56 Å². The molecule has 1 heterocycles. The Morgan fingerprint density at radius 2 is 1.92 bits per heavy atom. The van der Waals surface area contributed by atoms with Crippen LogP contribution in [0.3, 0.4) is 0 Å². The number of nitrogens with zero attached hydrogens (tertiary/aromatic N) is 1. The minimum atomic E-state index is 0.0523. The fraction of sp³-hybridized carbons (Fsp3) is 0.381. The van der Waals surface area contributed by atoms with Gasteiger partial charge in [0, 0.05) is 24.1 Å². The summed E-state index contributed by atoms with van der Waals surface area (Å²) in [6, 6.07) is 15.6. The molecule has 25 heavy (non-hydrogen) atoms. The summed E-state index contributed by atoms with van der Waals surface area (Å²) < 4.78 is 11.0. The fourth-order valence-corrected chi connectivity index (χ4v) is 3.21. The van der Waals surface area contributed by atoms with Gasteiger partial charge in [-0.1, -0.05) is 18.2 Å². The standard InChI is InChI=1S/C21H25NO3/c1-15(2)22(21(23)17-8-10-19(24-3)11-9-17)13-16-12-18-6-4-5-7-20(18)25-14-16/h4-11,15-16H,12-14H2,1-3H3. The minimum Gasteiger partial charge on any atom is -0.497 e. The van der Waals surface area contributed by atoms with Crippen LogP contribution in [0.1, 0.15) is 29.8 Å². The van der Waals surface area contributed by atoms with Crippen LogP contribution in [0.5, 0.6) is 11.5 Å². The smallest absolute Gasteiger partial charge is 0.254 e. The van der Waals surface area contributed by atoms with Crippen molar-refractivity contribution in [2.75, 3.05) is 20.3 Å². The summed E-state index contributed by atoms with van der Waals surface area (Å²) >= 11 is 0. The van der Waals surface area contributed by atoms with Crippen molar-refractivity contribution in [2.24, 2.45) is 5.92 Å². The first-order valence-electron chi connectivity index (χ1n) is 8.74. The van der Waals surface area contributed by atoms with Crippen LogP contribution in [0.15, 0.2) is 48.5 Å². The van der Waals surface area contributed by atoms with Crippen molar-refractivity contribution in [3.05, 3.63) is 59.7 Å². The number of carbonyl (C=O) groups excluding carboxylic acids is 1. The fourth-order valence-electron chi connectivity index (χ4n) is 3.21. The van der Waals surface area contributed by atoms with Gasteiger partial charge in [0.2, 0.25) is 0 Å². The topological polar surface area (TPSA) is 38.8 Å². The number of hydrogen-bond acceptors (Lipinski definition) is 3. The summed E-state index contributed by atoms with van der Waals surface area (Å²) in [7, 11) is 1.62. The molecule has 2 aromatic rings. The van der Waals surface area contributed by atoms with Gasteiger partial charge in [-0.05, 0) is 56.2 Å². The second-order valence-corrected chi connectivity index (χ2v) is 6.77. The van der Waals surface area contributed by atoms with E-state index in [0.717, 1.165) is 17.9 Å². The first-order valence-corrected chi connectivity index (χ1v) is 8.74. The Hall–Kier alpha value is -2.49. The number of carbonyl (C=O) groups is 1. The largest absolute Gasteiger partial charge is 0.497 e. The predicted molar refractivity (Wildman–Crippen MR) is 98.3 cm³/mol. The molecule has 0 aliphatic carbocycles. The molecule has 0 N–H and O–H groups in total. The van der Waals surface area contributed by atoms with Crippen molar-refractivity contribution in [3.63, 3.8) is 0 Å². The van der Waals surface area contributed by atoms with Crippen LogP contribution >= 0.6 is 0 Å². The molecule has 0 bridgehead atoms. The molecule has 1 atom stereocenters. The van der Waals surface area contributed by atoms with Crippen LogP contribution in [0.25, 0.3) is 0 Å². The highest BCUT2D eigenvalue weighted by atomic mass is 16.5. The Kier molecular flexibility index (Phi) is 5.27. The highest BCUT2D eigenvalue weighted by molar-refractivity contribution is 5.94. The minimum absolute atomic E-state index is 0.0523. The second kappa shape index (κ2) is 7.60. The summed E-state index contributed by atoms with van der Waals surface area (Å²) in [5.74, 6) is 2.08. The van der Waals surface area contributed by atoms with E-state index in [1.54, 1.807) is 7.11 Å². The molecule has 1 aliphatic rings. The lowest BCUT2D eigenvalue weighted by atomic mass is 9.95. The Balaban J connectivity index is 1.72. The summed E-state index contributed by atoms with van der Waals surface area (Å²) in [4.78, 5) is 14.9. The Morgan fingerprint density at radius 3 is 2.60 bits per heavy atom. The van der Waals surface area contributed by atoms with E-state index >= 15 is 0 Å². The number of ether oxygens (including phenoxy) is 2. The van der Waals surface area contributed by atoms with Crippen molar-refractivity contribution in [1.82, 2.24) is 4.90 Å². The highest BCUT2D eigenvalue weighted by Gasteiger charge is 2.26. The van der Waals surface area contributed by atoms with Gasteiger partial charge in [-0.2, -0.15) is 0 Å². The Bertz CT molecular complexity index is 724. The molecule has 4 heteroatoms. The van der Waals surface area contributed by atoms with E-state index in [4.69, 9.17) is 9.47 Å². The number of rotatable bonds is 5. The van der Waals surface area contributed by atoms with Gasteiger partial charge in [-0.3, -0.25) is 4.79 Å². The normalized spacial score (nSPS) is 16.1. The molecule has 2 aromatic carbocycles. The van der Waals surface area contributed by atoms with Crippen LogP contribution in [0.4, 0.5) is 0 Å². The van der Waals surface area contributed by atoms with E-state index in [1.807, 2.05) is 47.4 Å². The molecule has 0 aromatic heterocycles. The zero-order valence-corrected chi connectivity index (χ0v) is 15.1. The van der Waals surface area contributed by atoms with Gasteiger partial charge in [0.15, 0.2) is 0 Å². The first-order chi connectivity index (χ1) is 12.1. The van der Waals surface area contributed by atoms with E-state index in [2.05, 4.69) is 19.9 Å². The van der Waals surface area contributed by atoms with Gasteiger partial charge in [-0.15, -0.1) is 0 Å². The van der Waals surface area contributed by atoms with Crippen molar-refractivity contribution in [1.29, 1.82) is 0 Å². The summed E-state index contributed by atoms with van der Waals surface area (Å²) in [6.45, 7) is 5.45. The third kappa shape index (κ3) is 3.95. The molecule has 4 nitrogen and oxygen atoms in total. The van der Waals surface area contributed by atoms with Crippen molar-refractivity contribution in [2.45, 2.75) is 26.3 Å². The van der Waals surface area contributed by atoms with Crippen LogP contribution < -0.4 is 9.47 Å². The monoisotopic (exact) mass is 339 g/mol. The average Bonchev–Trinajstić information content (AvgIpc) is 2.65. The zero-order chi connectivity index (χ0) is 17.8. The lowest BCUT2D eigenvalue weighted by Crippen LogP contribution is -2.43. The molecule has 0 saturated carbocycles. The number of fused-ring (bicyclic) bond motifs is 1. The molecule has 0 fully saturated rings. The third-order valence-corrected chi connectivity index (χ3v) is 4.63. The highest BCUT2D eigenvalue weighted by Crippen LogP contribution is 2.28. The Morgan fingerprint density at radius 1 is 1.20 bits per heavy atom. The van der Waals surface area contributed by atoms with Gasteiger partial charge in [0.05, 0.1) is 13.7 Å². The molecule has 3 rings (SSSR count). The zero-order valence-electron chi connectivity index (χ0n) is 15.1. The SMILES string of the molecule is COc1ccc(C(=O)N(CC2COc3ccccc3C2)C(C)C)cc1. The lowest BCUT2D eigenvalue weighted by molar-refractivity contribution is 0.0636. The summed E-state index contributed by atoms with van der Waals surface area (Å²) in [5, 5.41) is 0. The summed E-state index contributed by atoms with van der Waals surface area (Å²) in [6.07, 6.45) is 0.940. The van der Waals surface area contributed by atoms with E-state index in [-0.39, 0.29) is 11.9 Å². The molecule has 1 unspecified atom stereocenters. The summed E-state index contributed by atoms with van der Waals surface area (Å²) in [5.41, 5.74) is 1.91. The molecule has 0 radical (unpaired) electrons. The molecule has 0 spiro atoms. The van der Waals surface area contributed by atoms with E-state index < -0.39 is 0 Å². The molecule has 132 valence electrons. The van der Waals surface area contributed by atoms with Crippen molar-refractivity contribution >= 4 is 5.91 Å². The van der Waals surface area contributed by atoms with Gasteiger partial charge < -0.3 is 14.4 Å². The van der Waals surface area contributed by atoms with Gasteiger partial charge in [-0.25, -0.2) is 0 Å². The van der Waals surface area contributed by atoms with E-state index in [0.29, 0.717) is 24.6 Å². The van der Waals surface area contributed by atoms with Crippen LogP contribution in [0, 0.1) is 5.92 Å². The molecular weight excluding hydrogens is 314 g/mol. The quantitative estimate of drug-likeness (QED) is 0.832. The van der Waals surface area contributed by atoms with Crippen LogP contribution in [0.2, 0.25) is 0 Å². The van der Waals surface area contributed by atoms with Crippen molar-refractivity contribution < 1.29 is 14.3 Å². The first kappa shape index (κ1) is 17.3. The molecule has 1 aliphatic heterocycles. The molecule has 0 saturated heterocycles. The van der Waals surface area contributed by atoms with Gasteiger partial charge in [0.1, 0.15) is 11.5 Å². The van der Waals surface area contributed by atoms with Gasteiger partial charge >= 0.3 is 0 Å². The Labute approximate surface area is 149 Å².